The number of benzene rings is 2. The molecule has 0 bridgehead atoms. The monoisotopic (exact) mass is 502 g/mol. The molecule has 178 valence electrons. The van der Waals surface area contributed by atoms with Crippen LogP contribution in [0.5, 0.6) is 0 Å². The Morgan fingerprint density at radius 3 is 2.52 bits per heavy atom. The minimum Gasteiger partial charge on any atom is -0.452 e. The molecule has 0 spiro atoms. The lowest BCUT2D eigenvalue weighted by Crippen LogP contribution is -2.40. The van der Waals surface area contributed by atoms with Gasteiger partial charge in [0.15, 0.2) is 28.1 Å². The first-order chi connectivity index (χ1) is 15.4. The Morgan fingerprint density at radius 2 is 1.88 bits per heavy atom. The Bertz CT molecular complexity index is 1300. The molecule has 1 atom stereocenters. The maximum Gasteiger partial charge on any atom is 0.338 e. The standard InChI is InChI=1S/C20H20F2N2O7S2/c1-24(15-7-8-32(27,28)12-15)19(25)11-31-20(26)13-3-2-4-14(9-13)23-33(29,30)16-5-6-17(21)18(22)10-16/h2-6,9-10,15,23H,7-8,11-12H2,1H3/t15-/m1/s1. The average Bonchev–Trinajstić information content (AvgIpc) is 3.12. The summed E-state index contributed by atoms with van der Waals surface area (Å²) >= 11 is 0. The van der Waals surface area contributed by atoms with Crippen molar-refractivity contribution in [1.29, 1.82) is 0 Å². The van der Waals surface area contributed by atoms with Crippen LogP contribution in [0.15, 0.2) is 47.4 Å². The van der Waals surface area contributed by atoms with Crippen LogP contribution in [0, 0.1) is 11.6 Å². The number of sulfone groups is 1. The number of carbonyl (C=O) groups is 2. The molecule has 3 rings (SSSR count). The number of carbonyl (C=O) groups excluding carboxylic acids is 2. The summed E-state index contributed by atoms with van der Waals surface area (Å²) in [5, 5.41) is 0. The highest BCUT2D eigenvalue weighted by atomic mass is 32.2. The lowest BCUT2D eigenvalue weighted by Gasteiger charge is -2.23. The lowest BCUT2D eigenvalue weighted by atomic mass is 10.2. The first-order valence-electron chi connectivity index (χ1n) is 9.59. The number of ether oxygens (including phenoxy) is 1. The summed E-state index contributed by atoms with van der Waals surface area (Å²) in [6, 6.07) is 6.75. The van der Waals surface area contributed by atoms with E-state index in [1.807, 2.05) is 0 Å². The van der Waals surface area contributed by atoms with Gasteiger partial charge in [0.1, 0.15) is 0 Å². The summed E-state index contributed by atoms with van der Waals surface area (Å²) < 4.78 is 81.5. The zero-order valence-corrected chi connectivity index (χ0v) is 19.0. The third kappa shape index (κ3) is 6.05. The van der Waals surface area contributed by atoms with Crippen LogP contribution in [-0.4, -0.2) is 64.8 Å². The van der Waals surface area contributed by atoms with E-state index in [4.69, 9.17) is 4.74 Å². The van der Waals surface area contributed by atoms with Crippen LogP contribution >= 0.6 is 0 Å². The summed E-state index contributed by atoms with van der Waals surface area (Å²) in [5.74, 6) is -4.19. The second-order valence-electron chi connectivity index (χ2n) is 7.40. The number of amides is 1. The van der Waals surface area contributed by atoms with Gasteiger partial charge in [0.25, 0.3) is 15.9 Å². The van der Waals surface area contributed by atoms with Crippen LogP contribution < -0.4 is 4.72 Å². The Kier molecular flexibility index (Phi) is 7.03. The number of halogens is 2. The van der Waals surface area contributed by atoms with Gasteiger partial charge in [-0.05, 0) is 42.8 Å². The molecule has 0 unspecified atom stereocenters. The van der Waals surface area contributed by atoms with E-state index < -0.39 is 60.9 Å². The van der Waals surface area contributed by atoms with E-state index in [1.54, 1.807) is 0 Å². The highest BCUT2D eigenvalue weighted by molar-refractivity contribution is 7.92. The van der Waals surface area contributed by atoms with Gasteiger partial charge in [-0.1, -0.05) is 6.07 Å². The molecule has 1 heterocycles. The molecule has 0 aromatic heterocycles. The van der Waals surface area contributed by atoms with Crippen LogP contribution in [-0.2, 0) is 29.4 Å². The number of likely N-dealkylation sites (N-methyl/N-ethyl adjacent to an activating group) is 1. The third-order valence-corrected chi connectivity index (χ3v) is 8.16. The van der Waals surface area contributed by atoms with Crippen molar-refractivity contribution in [3.8, 4) is 0 Å². The van der Waals surface area contributed by atoms with E-state index in [9.17, 15) is 35.2 Å². The molecule has 1 N–H and O–H groups in total. The van der Waals surface area contributed by atoms with Crippen molar-refractivity contribution in [3.05, 3.63) is 59.7 Å². The molecule has 9 nitrogen and oxygen atoms in total. The Labute approximate surface area is 189 Å². The molecule has 1 aliphatic heterocycles. The van der Waals surface area contributed by atoms with Crippen molar-refractivity contribution >= 4 is 37.4 Å². The largest absolute Gasteiger partial charge is 0.452 e. The molecule has 1 saturated heterocycles. The molecule has 13 heteroatoms. The molecular formula is C20H20F2N2O7S2. The lowest BCUT2D eigenvalue weighted by molar-refractivity contribution is -0.134. The number of sulfonamides is 1. The Balaban J connectivity index is 1.63. The van der Waals surface area contributed by atoms with Gasteiger partial charge in [0, 0.05) is 18.8 Å². The first-order valence-corrected chi connectivity index (χ1v) is 12.9. The average molecular weight is 503 g/mol. The minimum absolute atomic E-state index is 0.0116. The number of nitrogens with one attached hydrogen (secondary N) is 1. The number of anilines is 1. The highest BCUT2D eigenvalue weighted by Gasteiger charge is 2.33. The second kappa shape index (κ2) is 9.43. The maximum atomic E-state index is 13.4. The molecule has 2 aromatic carbocycles. The topological polar surface area (TPSA) is 127 Å². The fourth-order valence-corrected chi connectivity index (χ4v) is 6.00. The summed E-state index contributed by atoms with van der Waals surface area (Å²) in [6.45, 7) is -0.628. The van der Waals surface area contributed by atoms with Gasteiger partial charge in [-0.3, -0.25) is 9.52 Å². The summed E-state index contributed by atoms with van der Waals surface area (Å²) in [6.07, 6.45) is 0.304. The van der Waals surface area contributed by atoms with Crippen LogP contribution in [0.2, 0.25) is 0 Å². The molecule has 2 aromatic rings. The predicted octanol–water partition coefficient (Wildman–Crippen LogP) is 1.57. The van der Waals surface area contributed by atoms with Crippen molar-refractivity contribution in [1.82, 2.24) is 4.90 Å². The third-order valence-electron chi connectivity index (χ3n) is 5.03. The zero-order chi connectivity index (χ0) is 24.4. The van der Waals surface area contributed by atoms with Gasteiger partial charge in [0.2, 0.25) is 0 Å². The van der Waals surface area contributed by atoms with Gasteiger partial charge < -0.3 is 9.64 Å². The van der Waals surface area contributed by atoms with Gasteiger partial charge in [-0.25, -0.2) is 30.4 Å². The Hall–Kier alpha value is -3.06. The number of esters is 1. The van der Waals surface area contributed by atoms with Crippen LogP contribution in [0.4, 0.5) is 14.5 Å². The predicted molar refractivity (Wildman–Crippen MR) is 114 cm³/mol. The quantitative estimate of drug-likeness (QED) is 0.570. The van der Waals surface area contributed by atoms with Crippen LogP contribution in [0.25, 0.3) is 0 Å². The summed E-state index contributed by atoms with van der Waals surface area (Å²) in [7, 11) is -6.03. The molecule has 1 fully saturated rings. The molecule has 33 heavy (non-hydrogen) atoms. The SMILES string of the molecule is CN(C(=O)COC(=O)c1cccc(NS(=O)(=O)c2ccc(F)c(F)c2)c1)[C@@H]1CCS(=O)(=O)C1. The fraction of sp³-hybridized carbons (Fsp3) is 0.300. The molecule has 1 aliphatic rings. The fourth-order valence-electron chi connectivity index (χ4n) is 3.16. The number of hydrogen-bond donors (Lipinski definition) is 1. The van der Waals surface area contributed by atoms with E-state index in [2.05, 4.69) is 4.72 Å². The number of nitrogens with zero attached hydrogens (tertiary/aromatic N) is 1. The van der Waals surface area contributed by atoms with Gasteiger partial charge in [-0.2, -0.15) is 0 Å². The zero-order valence-electron chi connectivity index (χ0n) is 17.3. The van der Waals surface area contributed by atoms with E-state index in [0.717, 1.165) is 12.1 Å². The molecule has 0 radical (unpaired) electrons. The molecule has 0 saturated carbocycles. The van der Waals surface area contributed by atoms with Gasteiger partial charge >= 0.3 is 5.97 Å². The molecule has 0 aliphatic carbocycles. The number of rotatable bonds is 7. The maximum absolute atomic E-state index is 13.4. The smallest absolute Gasteiger partial charge is 0.338 e. The minimum atomic E-state index is -4.27. The van der Waals surface area contributed by atoms with Crippen molar-refractivity contribution < 1.29 is 39.9 Å². The van der Waals surface area contributed by atoms with Crippen molar-refractivity contribution in [3.63, 3.8) is 0 Å². The van der Waals surface area contributed by atoms with Crippen LogP contribution in [0.1, 0.15) is 16.8 Å². The first kappa shape index (κ1) is 24.6. The summed E-state index contributed by atoms with van der Waals surface area (Å²) in [5.41, 5.74) is -0.117. The highest BCUT2D eigenvalue weighted by Crippen LogP contribution is 2.20. The van der Waals surface area contributed by atoms with Crippen molar-refractivity contribution in [2.24, 2.45) is 0 Å². The Morgan fingerprint density at radius 1 is 1.15 bits per heavy atom. The van der Waals surface area contributed by atoms with E-state index in [0.29, 0.717) is 18.6 Å². The van der Waals surface area contributed by atoms with E-state index in [1.165, 1.54) is 30.1 Å². The van der Waals surface area contributed by atoms with Crippen molar-refractivity contribution in [2.45, 2.75) is 17.4 Å². The molecular weight excluding hydrogens is 482 g/mol. The molecule has 1 amide bonds. The number of hydrogen-bond acceptors (Lipinski definition) is 7. The summed E-state index contributed by atoms with van der Waals surface area (Å²) in [4.78, 5) is 25.3. The van der Waals surface area contributed by atoms with Gasteiger partial charge in [0.05, 0.1) is 22.0 Å². The van der Waals surface area contributed by atoms with Crippen molar-refractivity contribution in [2.75, 3.05) is 29.9 Å². The normalized spacial score (nSPS) is 17.4. The second-order valence-corrected chi connectivity index (χ2v) is 11.3. The van der Waals surface area contributed by atoms with Crippen LogP contribution in [0.3, 0.4) is 0 Å². The van der Waals surface area contributed by atoms with E-state index >= 15 is 0 Å². The van der Waals surface area contributed by atoms with Gasteiger partial charge in [-0.15, -0.1) is 0 Å². The van der Waals surface area contributed by atoms with E-state index in [-0.39, 0.29) is 22.8 Å².